The summed E-state index contributed by atoms with van der Waals surface area (Å²) in [5, 5.41) is 0. The Hall–Kier alpha value is -0.150. The molecule has 2 nitrogen and oxygen atoms in total. The number of piperidine rings is 1. The highest BCUT2D eigenvalue weighted by atomic mass is 19.1. The fourth-order valence-corrected chi connectivity index (χ4v) is 2.03. The van der Waals surface area contributed by atoms with Gasteiger partial charge in [-0.15, -0.1) is 0 Å². The molecule has 0 aromatic carbocycles. The number of likely N-dealkylation sites (tertiary alicyclic amines) is 1. The molecule has 0 amide bonds. The molecule has 3 heteroatoms. The molecule has 0 aromatic heterocycles. The Balaban J connectivity index is 2.23. The highest BCUT2D eigenvalue weighted by Crippen LogP contribution is 2.24. The molecule has 0 saturated carbocycles. The molecule has 0 spiro atoms. The van der Waals surface area contributed by atoms with Gasteiger partial charge >= 0.3 is 0 Å². The van der Waals surface area contributed by atoms with Crippen LogP contribution in [0.4, 0.5) is 4.39 Å². The van der Waals surface area contributed by atoms with E-state index < -0.39 is 6.17 Å². The van der Waals surface area contributed by atoms with Crippen molar-refractivity contribution in [3.8, 4) is 0 Å². The summed E-state index contributed by atoms with van der Waals surface area (Å²) in [6.07, 6.45) is 1.89. The molecule has 1 rings (SSSR count). The van der Waals surface area contributed by atoms with Gasteiger partial charge in [0.1, 0.15) is 6.17 Å². The summed E-state index contributed by atoms with van der Waals surface area (Å²) in [5.41, 5.74) is 5.34. The lowest BCUT2D eigenvalue weighted by molar-refractivity contribution is 0.120. The third-order valence-electron chi connectivity index (χ3n) is 3.03. The van der Waals surface area contributed by atoms with E-state index in [4.69, 9.17) is 5.73 Å². The van der Waals surface area contributed by atoms with Gasteiger partial charge in [-0.05, 0) is 51.4 Å². The van der Waals surface area contributed by atoms with Crippen molar-refractivity contribution in [2.45, 2.75) is 32.4 Å². The number of rotatable bonds is 4. The molecule has 0 aromatic rings. The van der Waals surface area contributed by atoms with Crippen molar-refractivity contribution in [1.29, 1.82) is 0 Å². The second-order valence-corrected chi connectivity index (χ2v) is 3.87. The highest BCUT2D eigenvalue weighted by molar-refractivity contribution is 4.77. The zero-order valence-electron chi connectivity index (χ0n) is 8.51. The van der Waals surface area contributed by atoms with Crippen LogP contribution in [0.2, 0.25) is 0 Å². The average molecular weight is 188 g/mol. The first kappa shape index (κ1) is 10.9. The number of hydrogen-bond acceptors (Lipinski definition) is 2. The summed E-state index contributed by atoms with van der Waals surface area (Å²) in [6.45, 7) is 5.86. The second-order valence-electron chi connectivity index (χ2n) is 3.87. The van der Waals surface area contributed by atoms with Crippen LogP contribution in [-0.4, -0.2) is 37.3 Å². The second kappa shape index (κ2) is 5.55. The molecular weight excluding hydrogens is 167 g/mol. The molecule has 0 aliphatic carbocycles. The molecule has 1 aliphatic rings. The molecule has 1 atom stereocenters. The number of alkyl halides is 1. The zero-order chi connectivity index (χ0) is 9.68. The Morgan fingerprint density at radius 1 is 1.46 bits per heavy atom. The van der Waals surface area contributed by atoms with Gasteiger partial charge in [-0.3, -0.25) is 0 Å². The molecule has 13 heavy (non-hydrogen) atoms. The smallest absolute Gasteiger partial charge is 0.104 e. The Labute approximate surface area is 80.3 Å². The Morgan fingerprint density at radius 3 is 2.54 bits per heavy atom. The molecule has 78 valence electrons. The maximum absolute atomic E-state index is 13.4. The largest absolute Gasteiger partial charge is 0.330 e. The Bertz CT molecular complexity index is 133. The van der Waals surface area contributed by atoms with Crippen LogP contribution in [0.3, 0.4) is 0 Å². The van der Waals surface area contributed by atoms with Crippen molar-refractivity contribution in [3.63, 3.8) is 0 Å². The third kappa shape index (κ3) is 3.24. The lowest BCUT2D eigenvalue weighted by atomic mass is 9.90. The van der Waals surface area contributed by atoms with Crippen LogP contribution in [0.15, 0.2) is 0 Å². The molecule has 1 heterocycles. The van der Waals surface area contributed by atoms with E-state index in [1.165, 1.54) is 0 Å². The van der Waals surface area contributed by atoms with Gasteiger partial charge in [-0.2, -0.15) is 0 Å². The third-order valence-corrected chi connectivity index (χ3v) is 3.03. The van der Waals surface area contributed by atoms with Crippen LogP contribution in [0.25, 0.3) is 0 Å². The molecule has 0 radical (unpaired) electrons. The number of nitrogens with zero attached hydrogens (tertiary/aromatic N) is 1. The van der Waals surface area contributed by atoms with Crippen molar-refractivity contribution in [2.75, 3.05) is 26.2 Å². The van der Waals surface area contributed by atoms with E-state index in [9.17, 15) is 4.39 Å². The minimum absolute atomic E-state index is 0.270. The van der Waals surface area contributed by atoms with Gasteiger partial charge in [0.25, 0.3) is 0 Å². The predicted molar refractivity (Wildman–Crippen MR) is 53.4 cm³/mol. The normalized spacial score (nSPS) is 23.3. The van der Waals surface area contributed by atoms with Crippen molar-refractivity contribution in [2.24, 2.45) is 11.7 Å². The van der Waals surface area contributed by atoms with E-state index in [0.717, 1.165) is 32.5 Å². The van der Waals surface area contributed by atoms with E-state index in [0.29, 0.717) is 13.0 Å². The van der Waals surface area contributed by atoms with Crippen LogP contribution >= 0.6 is 0 Å². The summed E-state index contributed by atoms with van der Waals surface area (Å²) in [7, 11) is 0. The van der Waals surface area contributed by atoms with E-state index in [1.54, 1.807) is 0 Å². The first-order valence-corrected chi connectivity index (χ1v) is 5.34. The monoisotopic (exact) mass is 188 g/mol. The SMILES string of the molecule is CCN1CCC(C(F)CCN)CC1. The average Bonchev–Trinajstić information content (AvgIpc) is 2.18. The first-order chi connectivity index (χ1) is 6.27. The van der Waals surface area contributed by atoms with Gasteiger partial charge in [0.2, 0.25) is 0 Å². The molecule has 1 fully saturated rings. The van der Waals surface area contributed by atoms with Crippen molar-refractivity contribution in [3.05, 3.63) is 0 Å². The summed E-state index contributed by atoms with van der Waals surface area (Å²) in [5.74, 6) is 0.270. The molecule has 1 saturated heterocycles. The summed E-state index contributed by atoms with van der Waals surface area (Å²) >= 11 is 0. The Morgan fingerprint density at radius 2 is 2.08 bits per heavy atom. The molecule has 0 bridgehead atoms. The van der Waals surface area contributed by atoms with Gasteiger partial charge in [0.15, 0.2) is 0 Å². The van der Waals surface area contributed by atoms with Crippen molar-refractivity contribution in [1.82, 2.24) is 4.90 Å². The maximum atomic E-state index is 13.4. The molecule has 1 unspecified atom stereocenters. The Kier molecular flexibility index (Phi) is 4.67. The fourth-order valence-electron chi connectivity index (χ4n) is 2.03. The molecule has 2 N–H and O–H groups in total. The predicted octanol–water partition coefficient (Wildman–Crippen LogP) is 1.41. The highest BCUT2D eigenvalue weighted by Gasteiger charge is 2.24. The van der Waals surface area contributed by atoms with E-state index in [1.807, 2.05) is 0 Å². The van der Waals surface area contributed by atoms with Gasteiger partial charge < -0.3 is 10.6 Å². The summed E-state index contributed by atoms with van der Waals surface area (Å²) in [6, 6.07) is 0. The van der Waals surface area contributed by atoms with Crippen LogP contribution in [0, 0.1) is 5.92 Å². The van der Waals surface area contributed by atoms with E-state index in [2.05, 4.69) is 11.8 Å². The number of halogens is 1. The minimum atomic E-state index is -0.663. The molecule has 1 aliphatic heterocycles. The summed E-state index contributed by atoms with van der Waals surface area (Å²) in [4.78, 5) is 2.38. The first-order valence-electron chi connectivity index (χ1n) is 5.34. The standard InChI is InChI=1S/C10H21FN2/c1-2-13-7-4-9(5-8-13)10(11)3-6-12/h9-10H,2-8,12H2,1H3. The van der Waals surface area contributed by atoms with Crippen LogP contribution < -0.4 is 5.73 Å². The van der Waals surface area contributed by atoms with Gasteiger partial charge in [0.05, 0.1) is 0 Å². The van der Waals surface area contributed by atoms with Crippen molar-refractivity contribution >= 4 is 0 Å². The quantitative estimate of drug-likeness (QED) is 0.722. The van der Waals surface area contributed by atoms with E-state index in [-0.39, 0.29) is 5.92 Å². The fraction of sp³-hybridized carbons (Fsp3) is 1.00. The van der Waals surface area contributed by atoms with Gasteiger partial charge in [-0.25, -0.2) is 4.39 Å². The van der Waals surface area contributed by atoms with Crippen LogP contribution in [0.1, 0.15) is 26.2 Å². The topological polar surface area (TPSA) is 29.3 Å². The van der Waals surface area contributed by atoms with Crippen molar-refractivity contribution < 1.29 is 4.39 Å². The zero-order valence-corrected chi connectivity index (χ0v) is 8.51. The maximum Gasteiger partial charge on any atom is 0.104 e. The number of hydrogen-bond donors (Lipinski definition) is 1. The van der Waals surface area contributed by atoms with E-state index >= 15 is 0 Å². The summed E-state index contributed by atoms with van der Waals surface area (Å²) < 4.78 is 13.4. The lowest BCUT2D eigenvalue weighted by Gasteiger charge is -2.32. The minimum Gasteiger partial charge on any atom is -0.330 e. The van der Waals surface area contributed by atoms with Crippen LogP contribution in [0.5, 0.6) is 0 Å². The van der Waals surface area contributed by atoms with Crippen LogP contribution in [-0.2, 0) is 0 Å². The van der Waals surface area contributed by atoms with Gasteiger partial charge in [0, 0.05) is 0 Å². The molecular formula is C10H21FN2. The lowest BCUT2D eigenvalue weighted by Crippen LogP contribution is -2.36. The van der Waals surface area contributed by atoms with Gasteiger partial charge in [-0.1, -0.05) is 6.92 Å². The number of nitrogens with two attached hydrogens (primary N) is 1.